The molecule has 0 aliphatic rings. The van der Waals surface area contributed by atoms with E-state index in [1.54, 1.807) is 0 Å². The Morgan fingerprint density at radius 2 is 2.44 bits per heavy atom. The van der Waals surface area contributed by atoms with Crippen LogP contribution < -0.4 is 0 Å². The molecule has 2 heteroatoms. The highest BCUT2D eigenvalue weighted by Crippen LogP contribution is 2.02. The number of hydrogen-bond donors (Lipinski definition) is 0. The van der Waals surface area contributed by atoms with E-state index in [4.69, 9.17) is 8.22 Å². The molecule has 0 aliphatic carbocycles. The highest BCUT2D eigenvalue weighted by Gasteiger charge is 1.88. The Hall–Kier alpha value is -0.240. The number of hydrogen-bond acceptors (Lipinski definition) is 2. The first-order chi connectivity index (χ1) is 6.55. The predicted octanol–water partition coefficient (Wildman–Crippen LogP) is 2.23. The van der Waals surface area contributed by atoms with Gasteiger partial charge in [-0.25, -0.2) is 0 Å². The normalized spacial score (nSPS) is 21.4. The van der Waals surface area contributed by atoms with Gasteiger partial charge in [-0.15, -0.1) is 0 Å². The quantitative estimate of drug-likeness (QED) is 0.561. The minimum absolute atomic E-state index is 0.0709. The van der Waals surface area contributed by atoms with Crippen LogP contribution in [0.3, 0.4) is 0 Å². The van der Waals surface area contributed by atoms with Gasteiger partial charge in [0.2, 0.25) is 0 Å². The molecule has 0 bridgehead atoms. The second-order valence-electron chi connectivity index (χ2n) is 1.42. The topological polar surface area (TPSA) is 17.1 Å². The van der Waals surface area contributed by atoms with Crippen molar-refractivity contribution in [1.29, 1.82) is 0 Å². The summed E-state index contributed by atoms with van der Waals surface area (Å²) in [4.78, 5) is 10.6. The number of carbonyl (C=O) groups is 1. The molecule has 9 heavy (non-hydrogen) atoms. The van der Waals surface area contributed by atoms with Crippen LogP contribution in [0.2, 0.25) is 0 Å². The molecule has 0 aliphatic heterocycles. The number of rotatable bonds is 2. The second-order valence-corrected chi connectivity index (χ2v) is 2.62. The fraction of sp³-hybridized carbons (Fsp3) is 0.571. The van der Waals surface area contributed by atoms with Crippen LogP contribution in [-0.2, 0) is 4.79 Å². The van der Waals surface area contributed by atoms with Crippen molar-refractivity contribution in [2.24, 2.45) is 0 Å². The molecule has 0 atom stereocenters. The monoisotopic (exact) mass is 150 g/mol. The highest BCUT2D eigenvalue weighted by molar-refractivity contribution is 8.13. The molecule has 0 saturated carbocycles. The lowest BCUT2D eigenvalue weighted by Gasteiger charge is -1.89. The first-order valence-electron chi connectivity index (χ1n) is 5.39. The van der Waals surface area contributed by atoms with Gasteiger partial charge in [0.05, 0.1) is 0 Å². The van der Waals surface area contributed by atoms with Crippen molar-refractivity contribution in [2.45, 2.75) is 20.6 Å². The van der Waals surface area contributed by atoms with E-state index < -0.39 is 19.3 Å². The molecule has 0 spiro atoms. The molecule has 0 aromatic rings. The summed E-state index contributed by atoms with van der Waals surface area (Å²) in [6.45, 7) is -3.94. The van der Waals surface area contributed by atoms with Crippen LogP contribution in [-0.4, -0.2) is 10.9 Å². The van der Waals surface area contributed by atoms with Crippen molar-refractivity contribution in [3.63, 3.8) is 0 Å². The van der Waals surface area contributed by atoms with Crippen LogP contribution in [0.25, 0.3) is 0 Å². The molecule has 0 N–H and O–H groups in total. The zero-order valence-electron chi connectivity index (χ0n) is 11.1. The van der Waals surface area contributed by atoms with Crippen molar-refractivity contribution in [2.75, 3.05) is 5.75 Å². The van der Waals surface area contributed by atoms with Crippen LogP contribution in [0.5, 0.6) is 0 Å². The van der Waals surface area contributed by atoms with Gasteiger partial charge in [0.1, 0.15) is 0 Å². The molecule has 0 aromatic carbocycles. The largest absolute Gasteiger partial charge is 0.288 e. The van der Waals surface area contributed by atoms with Crippen LogP contribution >= 0.6 is 11.8 Å². The Balaban J connectivity index is 4.74. The van der Waals surface area contributed by atoms with Gasteiger partial charge in [-0.2, -0.15) is 0 Å². The van der Waals surface area contributed by atoms with Crippen molar-refractivity contribution >= 4 is 16.9 Å². The molecular formula is C7H12OS. The third-order valence-electron chi connectivity index (χ3n) is 0.574. The summed E-state index contributed by atoms with van der Waals surface area (Å²) in [5.74, 6) is 0.0709. The van der Waals surface area contributed by atoms with Gasteiger partial charge < -0.3 is 0 Å². The Morgan fingerprint density at radius 3 is 2.89 bits per heavy atom. The van der Waals surface area contributed by atoms with Crippen molar-refractivity contribution in [3.8, 4) is 0 Å². The summed E-state index contributed by atoms with van der Waals surface area (Å²) < 4.78 is 42.2. The van der Waals surface area contributed by atoms with Gasteiger partial charge in [-0.3, -0.25) is 4.79 Å². The lowest BCUT2D eigenvalue weighted by atomic mass is 10.3. The van der Waals surface area contributed by atoms with E-state index in [2.05, 4.69) is 0 Å². The molecule has 0 radical (unpaired) electrons. The number of allylic oxidation sites excluding steroid dienone is 1. The van der Waals surface area contributed by atoms with Crippen molar-refractivity contribution in [1.82, 2.24) is 0 Å². The van der Waals surface area contributed by atoms with Gasteiger partial charge in [0.15, 0.2) is 5.12 Å². The maximum atomic E-state index is 10.6. The lowest BCUT2D eigenvalue weighted by Crippen LogP contribution is -1.81. The van der Waals surface area contributed by atoms with E-state index in [-0.39, 0.29) is 10.9 Å². The van der Waals surface area contributed by atoms with E-state index in [1.807, 2.05) is 0 Å². The smallest absolute Gasteiger partial charge is 0.186 e. The third-order valence-corrected chi connectivity index (χ3v) is 1.31. The maximum Gasteiger partial charge on any atom is 0.186 e. The van der Waals surface area contributed by atoms with Gasteiger partial charge in [-0.05, 0) is 13.7 Å². The van der Waals surface area contributed by atoms with Crippen LogP contribution in [0.15, 0.2) is 11.6 Å². The summed E-state index contributed by atoms with van der Waals surface area (Å²) in [5, 5.41) is -0.179. The van der Waals surface area contributed by atoms with E-state index >= 15 is 0 Å². The first-order valence-corrected chi connectivity index (χ1v) is 3.38. The van der Waals surface area contributed by atoms with E-state index in [1.165, 1.54) is 6.92 Å². The Morgan fingerprint density at radius 1 is 1.78 bits per heavy atom. The molecular weight excluding hydrogens is 132 g/mol. The van der Waals surface area contributed by atoms with Gasteiger partial charge >= 0.3 is 0 Å². The zero-order chi connectivity index (χ0) is 12.3. The minimum Gasteiger partial charge on any atom is -0.288 e. The zero-order valence-corrected chi connectivity index (χ0v) is 5.92. The number of thioether (sulfide) groups is 1. The Bertz CT molecular complexity index is 248. The molecule has 1 nitrogen and oxygen atoms in total. The van der Waals surface area contributed by atoms with E-state index in [0.29, 0.717) is 0 Å². The molecule has 0 aromatic heterocycles. The molecule has 0 amide bonds. The van der Waals surface area contributed by atoms with Gasteiger partial charge in [0, 0.05) is 20.9 Å². The van der Waals surface area contributed by atoms with Crippen LogP contribution in [0.1, 0.15) is 28.9 Å². The average molecular weight is 150 g/mol. The lowest BCUT2D eigenvalue weighted by molar-refractivity contribution is -0.109. The third kappa shape index (κ3) is 7.76. The molecule has 0 unspecified atom stereocenters. The molecule has 0 rings (SSSR count). The fourth-order valence-electron chi connectivity index (χ4n) is 0.242. The first kappa shape index (κ1) is 2.79. The van der Waals surface area contributed by atoms with Crippen LogP contribution in [0, 0.1) is 0 Å². The van der Waals surface area contributed by atoms with Crippen molar-refractivity contribution < 1.29 is 13.0 Å². The second kappa shape index (κ2) is 4.62. The average Bonchev–Trinajstić information content (AvgIpc) is 1.92. The summed E-state index contributed by atoms with van der Waals surface area (Å²) in [6, 6.07) is 0. The Labute approximate surface area is 69.0 Å². The van der Waals surface area contributed by atoms with E-state index in [0.717, 1.165) is 17.8 Å². The predicted molar refractivity (Wildman–Crippen MR) is 42.6 cm³/mol. The summed E-state index contributed by atoms with van der Waals surface area (Å²) in [5.41, 5.74) is -0.580. The molecule has 0 fully saturated rings. The molecule has 52 valence electrons. The van der Waals surface area contributed by atoms with Gasteiger partial charge in [0.25, 0.3) is 0 Å². The highest BCUT2D eigenvalue weighted by atomic mass is 32.2. The fourth-order valence-corrected chi connectivity index (χ4v) is 0.727. The molecule has 0 heterocycles. The van der Waals surface area contributed by atoms with Crippen molar-refractivity contribution in [3.05, 3.63) is 11.6 Å². The standard InChI is InChI=1S/C7H12OS/c1-6(2)4-5-9-7(3)8/h4H,5H2,1-3H3/i1D3,2D3. The summed E-state index contributed by atoms with van der Waals surface area (Å²) in [6.07, 6.45) is 1.09. The minimum atomic E-state index is -2.64. The maximum absolute atomic E-state index is 10.6. The van der Waals surface area contributed by atoms with E-state index in [9.17, 15) is 4.79 Å². The van der Waals surface area contributed by atoms with Crippen LogP contribution in [0.4, 0.5) is 0 Å². The molecule has 0 saturated heterocycles. The van der Waals surface area contributed by atoms with Gasteiger partial charge in [-0.1, -0.05) is 23.4 Å². The Kier molecular flexibility index (Phi) is 1.43. The number of carbonyl (C=O) groups excluding carboxylic acids is 1. The SMILES string of the molecule is [2H]C([2H])([2H])C(=CCSC(C)=O)C([2H])([2H])[2H]. The summed E-state index contributed by atoms with van der Waals surface area (Å²) in [7, 11) is 0. The summed E-state index contributed by atoms with van der Waals surface area (Å²) >= 11 is 0.877.